The van der Waals surface area contributed by atoms with E-state index < -0.39 is 5.97 Å². The third-order valence-electron chi connectivity index (χ3n) is 2.02. The lowest BCUT2D eigenvalue weighted by atomic mass is 10.1. The summed E-state index contributed by atoms with van der Waals surface area (Å²) in [4.78, 5) is 10.4. The molecular weight excluding hydrogens is 214 g/mol. The van der Waals surface area contributed by atoms with Gasteiger partial charge in [0.25, 0.3) is 0 Å². The molecular formula is C11H14ClNO2. The maximum atomic E-state index is 10.4. The lowest BCUT2D eigenvalue weighted by molar-refractivity contribution is -0.137. The minimum atomic E-state index is -0.764. The number of halogens is 1. The van der Waals surface area contributed by atoms with Crippen LogP contribution in [0, 0.1) is 5.92 Å². The Morgan fingerprint density at radius 1 is 1.47 bits per heavy atom. The normalized spacial score (nSPS) is 12.1. The van der Waals surface area contributed by atoms with E-state index in [1.165, 1.54) is 0 Å². The fourth-order valence-electron chi connectivity index (χ4n) is 1.23. The Morgan fingerprint density at radius 2 is 2.07 bits per heavy atom. The van der Waals surface area contributed by atoms with E-state index in [4.69, 9.17) is 16.7 Å². The van der Waals surface area contributed by atoms with E-state index in [1.54, 1.807) is 12.1 Å². The summed E-state index contributed by atoms with van der Waals surface area (Å²) >= 11 is 5.74. The van der Waals surface area contributed by atoms with Gasteiger partial charge in [-0.25, -0.2) is 0 Å². The van der Waals surface area contributed by atoms with Gasteiger partial charge >= 0.3 is 5.97 Å². The van der Waals surface area contributed by atoms with Crippen LogP contribution in [-0.4, -0.2) is 17.6 Å². The fraction of sp³-hybridized carbons (Fsp3) is 0.364. The summed E-state index contributed by atoms with van der Waals surface area (Å²) in [6, 6.07) is 7.34. The molecule has 0 aromatic heterocycles. The number of rotatable bonds is 5. The molecule has 0 fully saturated rings. The first kappa shape index (κ1) is 11.9. The highest BCUT2D eigenvalue weighted by Crippen LogP contribution is 2.14. The predicted octanol–water partition coefficient (Wildman–Crippen LogP) is 2.86. The molecule has 2 N–H and O–H groups in total. The van der Waals surface area contributed by atoms with Gasteiger partial charge in [0.05, 0.1) is 0 Å². The lowest BCUT2D eigenvalue weighted by Gasteiger charge is -2.11. The van der Waals surface area contributed by atoms with Crippen molar-refractivity contribution in [2.24, 2.45) is 5.92 Å². The largest absolute Gasteiger partial charge is 0.481 e. The molecule has 1 unspecified atom stereocenters. The number of hydrogen-bond acceptors (Lipinski definition) is 2. The van der Waals surface area contributed by atoms with Crippen molar-refractivity contribution in [1.29, 1.82) is 0 Å². The zero-order chi connectivity index (χ0) is 11.3. The number of carboxylic acid groups (broad SMARTS) is 1. The van der Waals surface area contributed by atoms with Crippen molar-refractivity contribution < 1.29 is 9.90 Å². The Balaban J connectivity index is 2.36. The van der Waals surface area contributed by atoms with Crippen molar-refractivity contribution >= 4 is 23.3 Å². The van der Waals surface area contributed by atoms with Gasteiger partial charge < -0.3 is 10.4 Å². The summed E-state index contributed by atoms with van der Waals surface area (Å²) in [5.41, 5.74) is 0.955. The van der Waals surface area contributed by atoms with Crippen LogP contribution in [0.3, 0.4) is 0 Å². The van der Waals surface area contributed by atoms with Crippen LogP contribution in [0.1, 0.15) is 13.3 Å². The molecule has 0 aliphatic rings. The molecule has 82 valence electrons. The van der Waals surface area contributed by atoms with Gasteiger partial charge in [-0.05, 0) is 30.2 Å². The van der Waals surface area contributed by atoms with Gasteiger partial charge in [-0.1, -0.05) is 18.5 Å². The SMILES string of the molecule is CC(CNc1ccc(Cl)cc1)CC(=O)O. The highest BCUT2D eigenvalue weighted by molar-refractivity contribution is 6.30. The zero-order valence-electron chi connectivity index (χ0n) is 8.53. The molecule has 0 saturated carbocycles. The van der Waals surface area contributed by atoms with E-state index in [-0.39, 0.29) is 12.3 Å². The summed E-state index contributed by atoms with van der Waals surface area (Å²) in [5.74, 6) is -0.654. The molecule has 0 saturated heterocycles. The van der Waals surface area contributed by atoms with Crippen LogP contribution in [0.15, 0.2) is 24.3 Å². The smallest absolute Gasteiger partial charge is 0.303 e. The molecule has 15 heavy (non-hydrogen) atoms. The second kappa shape index (κ2) is 5.61. The molecule has 3 nitrogen and oxygen atoms in total. The van der Waals surface area contributed by atoms with E-state index >= 15 is 0 Å². The van der Waals surface area contributed by atoms with Crippen molar-refractivity contribution in [2.75, 3.05) is 11.9 Å². The first-order valence-corrected chi connectivity index (χ1v) is 5.17. The highest BCUT2D eigenvalue weighted by atomic mass is 35.5. The van der Waals surface area contributed by atoms with Crippen molar-refractivity contribution in [2.45, 2.75) is 13.3 Å². The van der Waals surface area contributed by atoms with Gasteiger partial charge in [0.2, 0.25) is 0 Å². The van der Waals surface area contributed by atoms with Gasteiger partial charge in [-0.2, -0.15) is 0 Å². The third kappa shape index (κ3) is 4.70. The number of carboxylic acids is 1. The van der Waals surface area contributed by atoms with E-state index in [9.17, 15) is 4.79 Å². The van der Waals surface area contributed by atoms with Crippen LogP contribution in [0.25, 0.3) is 0 Å². The maximum Gasteiger partial charge on any atom is 0.303 e. The monoisotopic (exact) mass is 227 g/mol. The van der Waals surface area contributed by atoms with Gasteiger partial charge in [-0.3, -0.25) is 4.79 Å². The first-order chi connectivity index (χ1) is 7.08. The second-order valence-electron chi connectivity index (χ2n) is 3.59. The third-order valence-corrected chi connectivity index (χ3v) is 2.27. The molecule has 0 aliphatic carbocycles. The zero-order valence-corrected chi connectivity index (χ0v) is 9.29. The Hall–Kier alpha value is -1.22. The molecule has 0 heterocycles. The van der Waals surface area contributed by atoms with Crippen LogP contribution >= 0.6 is 11.6 Å². The van der Waals surface area contributed by atoms with Gasteiger partial charge in [0.15, 0.2) is 0 Å². The van der Waals surface area contributed by atoms with Crippen LogP contribution in [0.5, 0.6) is 0 Å². The molecule has 0 bridgehead atoms. The van der Waals surface area contributed by atoms with Crippen molar-refractivity contribution in [3.05, 3.63) is 29.3 Å². The van der Waals surface area contributed by atoms with Crippen LogP contribution in [0.4, 0.5) is 5.69 Å². The summed E-state index contributed by atoms with van der Waals surface area (Å²) < 4.78 is 0. The lowest BCUT2D eigenvalue weighted by Crippen LogP contribution is -2.14. The standard InChI is InChI=1S/C11H14ClNO2/c1-8(6-11(14)15)7-13-10-4-2-9(12)3-5-10/h2-5,8,13H,6-7H2,1H3,(H,14,15). The summed E-state index contributed by atoms with van der Waals surface area (Å²) in [6.45, 7) is 2.55. The number of benzene rings is 1. The molecule has 0 spiro atoms. The van der Waals surface area contributed by atoms with E-state index in [0.717, 1.165) is 5.69 Å². The Kier molecular flexibility index (Phi) is 4.43. The molecule has 1 aromatic rings. The van der Waals surface area contributed by atoms with Crippen LogP contribution in [0.2, 0.25) is 5.02 Å². The maximum absolute atomic E-state index is 10.4. The van der Waals surface area contributed by atoms with E-state index in [0.29, 0.717) is 11.6 Å². The quantitative estimate of drug-likeness (QED) is 0.813. The summed E-state index contributed by atoms with van der Waals surface area (Å²) in [6.07, 6.45) is 0.181. The van der Waals surface area contributed by atoms with Crippen LogP contribution in [-0.2, 0) is 4.79 Å². The Bertz CT molecular complexity index is 324. The molecule has 1 rings (SSSR count). The van der Waals surface area contributed by atoms with E-state index in [1.807, 2.05) is 19.1 Å². The topological polar surface area (TPSA) is 49.3 Å². The van der Waals surface area contributed by atoms with Gasteiger partial charge in [0, 0.05) is 23.7 Å². The average molecular weight is 228 g/mol. The number of anilines is 1. The van der Waals surface area contributed by atoms with Gasteiger partial charge in [0.1, 0.15) is 0 Å². The molecule has 0 amide bonds. The van der Waals surface area contributed by atoms with Crippen molar-refractivity contribution in [3.63, 3.8) is 0 Å². The summed E-state index contributed by atoms with van der Waals surface area (Å²) in [5, 5.41) is 12.4. The first-order valence-electron chi connectivity index (χ1n) is 4.79. The number of nitrogens with one attached hydrogen (secondary N) is 1. The Morgan fingerprint density at radius 3 is 2.60 bits per heavy atom. The number of hydrogen-bond donors (Lipinski definition) is 2. The molecule has 1 aromatic carbocycles. The molecule has 0 aliphatic heterocycles. The van der Waals surface area contributed by atoms with Crippen LogP contribution < -0.4 is 5.32 Å². The van der Waals surface area contributed by atoms with Crippen molar-refractivity contribution in [3.8, 4) is 0 Å². The molecule has 4 heteroatoms. The number of carbonyl (C=O) groups is 1. The van der Waals surface area contributed by atoms with E-state index in [2.05, 4.69) is 5.32 Å². The van der Waals surface area contributed by atoms with Gasteiger partial charge in [-0.15, -0.1) is 0 Å². The molecule has 1 atom stereocenters. The molecule has 0 radical (unpaired) electrons. The Labute approximate surface area is 94.1 Å². The second-order valence-corrected chi connectivity index (χ2v) is 4.03. The minimum Gasteiger partial charge on any atom is -0.481 e. The predicted molar refractivity (Wildman–Crippen MR) is 61.4 cm³/mol. The average Bonchev–Trinajstić information content (AvgIpc) is 2.16. The highest BCUT2D eigenvalue weighted by Gasteiger charge is 2.06. The minimum absolute atomic E-state index is 0.109. The summed E-state index contributed by atoms with van der Waals surface area (Å²) in [7, 11) is 0. The number of aliphatic carboxylic acids is 1. The van der Waals surface area contributed by atoms with Crippen molar-refractivity contribution in [1.82, 2.24) is 0 Å². The fourth-order valence-corrected chi connectivity index (χ4v) is 1.36.